The van der Waals surface area contributed by atoms with Crippen molar-refractivity contribution in [3.8, 4) is 0 Å². The minimum atomic E-state index is -3.43. The molecule has 2 rings (SSSR count). The number of carbonyl (C=O) groups is 1. The van der Waals surface area contributed by atoms with Crippen molar-refractivity contribution >= 4 is 13.5 Å². The van der Waals surface area contributed by atoms with E-state index in [1.807, 2.05) is 0 Å². The Hall–Kier alpha value is -1.81. The monoisotopic (exact) mass is 449 g/mol. The van der Waals surface area contributed by atoms with Crippen LogP contribution in [-0.4, -0.2) is 52.2 Å². The number of aromatic amines is 1. The number of halogens is 1. The Morgan fingerprint density at radius 1 is 1.47 bits per heavy atom. The lowest BCUT2D eigenvalue weighted by Gasteiger charge is -2.24. The van der Waals surface area contributed by atoms with E-state index in [4.69, 9.17) is 14.0 Å². The van der Waals surface area contributed by atoms with E-state index in [1.165, 1.54) is 13.8 Å². The van der Waals surface area contributed by atoms with Gasteiger partial charge in [0.2, 0.25) is 0 Å². The third-order valence-electron chi connectivity index (χ3n) is 4.55. The molecule has 5 unspecified atom stereocenters. The van der Waals surface area contributed by atoms with Crippen LogP contribution in [0.1, 0.15) is 47.3 Å². The number of nitrogens with zero attached hydrogens (tertiary/aromatic N) is 1. The molecule has 0 amide bonds. The van der Waals surface area contributed by atoms with Crippen LogP contribution in [0.3, 0.4) is 0 Å². The number of rotatable bonds is 9. The number of H-pyrrole nitrogens is 1. The molecule has 2 heterocycles. The minimum absolute atomic E-state index is 0.0920. The SMILES string of the molecule is CCP(=O)(NC(C)C(=O)OC(C)C)OCC1CC(C)(F)C(n2ccc(=O)[nH]c2=O)O1. The molecular weight excluding hydrogens is 420 g/mol. The minimum Gasteiger partial charge on any atom is -0.462 e. The average molecular weight is 449 g/mol. The van der Waals surface area contributed by atoms with E-state index in [0.717, 1.165) is 16.8 Å². The van der Waals surface area contributed by atoms with Gasteiger partial charge in [0.1, 0.15) is 6.04 Å². The van der Waals surface area contributed by atoms with Crippen molar-refractivity contribution in [1.82, 2.24) is 14.6 Å². The van der Waals surface area contributed by atoms with E-state index in [9.17, 15) is 18.9 Å². The van der Waals surface area contributed by atoms with Gasteiger partial charge in [-0.1, -0.05) is 6.92 Å². The van der Waals surface area contributed by atoms with Crippen LogP contribution in [0.25, 0.3) is 0 Å². The standard InChI is InChI=1S/C18H29FN3O7P/c1-6-30(26,21-12(4)15(24)28-11(2)3)27-10-13-9-18(5,19)16(29-13)22-8-7-14(23)20-17(22)25/h7-8,11-13,16H,6,9-10H2,1-5H3,(H,21,26)(H,20,23,25). The van der Waals surface area contributed by atoms with Gasteiger partial charge in [0, 0.05) is 24.8 Å². The molecule has 0 aliphatic carbocycles. The molecule has 1 aliphatic heterocycles. The Balaban J connectivity index is 2.04. The molecule has 1 aliphatic rings. The highest BCUT2D eigenvalue weighted by molar-refractivity contribution is 7.56. The Kier molecular flexibility index (Phi) is 7.79. The summed E-state index contributed by atoms with van der Waals surface area (Å²) >= 11 is 0. The van der Waals surface area contributed by atoms with Crippen LogP contribution in [0.4, 0.5) is 4.39 Å². The van der Waals surface area contributed by atoms with Crippen molar-refractivity contribution in [1.29, 1.82) is 0 Å². The summed E-state index contributed by atoms with van der Waals surface area (Å²) in [6.07, 6.45) is -1.24. The summed E-state index contributed by atoms with van der Waals surface area (Å²) in [7, 11) is -3.43. The second-order valence-electron chi connectivity index (χ2n) is 7.73. The fraction of sp³-hybridized carbons (Fsp3) is 0.722. The van der Waals surface area contributed by atoms with Crippen molar-refractivity contribution in [3.05, 3.63) is 33.1 Å². The fourth-order valence-electron chi connectivity index (χ4n) is 3.09. The number of nitrogens with one attached hydrogen (secondary N) is 2. The molecule has 1 fully saturated rings. The molecule has 1 aromatic heterocycles. The first-order chi connectivity index (χ1) is 13.9. The van der Waals surface area contributed by atoms with E-state index in [-0.39, 0.29) is 25.3 Å². The molecule has 2 N–H and O–H groups in total. The fourth-order valence-corrected chi connectivity index (χ4v) is 4.63. The van der Waals surface area contributed by atoms with Gasteiger partial charge in [-0.05, 0) is 27.7 Å². The van der Waals surface area contributed by atoms with Crippen LogP contribution in [0.2, 0.25) is 0 Å². The zero-order chi connectivity index (χ0) is 22.7. The maximum Gasteiger partial charge on any atom is 0.330 e. The van der Waals surface area contributed by atoms with Crippen LogP contribution >= 0.6 is 7.52 Å². The number of alkyl halides is 1. The first-order valence-corrected chi connectivity index (χ1v) is 11.6. The number of esters is 1. The summed E-state index contributed by atoms with van der Waals surface area (Å²) in [6.45, 7) is 7.62. The van der Waals surface area contributed by atoms with Gasteiger partial charge >= 0.3 is 11.7 Å². The number of aromatic nitrogens is 2. The highest BCUT2D eigenvalue weighted by atomic mass is 31.2. The van der Waals surface area contributed by atoms with Gasteiger partial charge < -0.3 is 14.0 Å². The summed E-state index contributed by atoms with van der Waals surface area (Å²) in [5, 5.41) is 2.67. The summed E-state index contributed by atoms with van der Waals surface area (Å²) in [5.74, 6) is -0.562. The van der Waals surface area contributed by atoms with Crippen molar-refractivity contribution in [2.75, 3.05) is 12.8 Å². The van der Waals surface area contributed by atoms with Crippen molar-refractivity contribution in [2.45, 2.75) is 71.2 Å². The van der Waals surface area contributed by atoms with Gasteiger partial charge in [-0.3, -0.25) is 23.7 Å². The van der Waals surface area contributed by atoms with Crippen molar-refractivity contribution in [3.63, 3.8) is 0 Å². The van der Waals surface area contributed by atoms with E-state index >= 15 is 4.39 Å². The van der Waals surface area contributed by atoms with Gasteiger partial charge in [0.15, 0.2) is 11.9 Å². The molecule has 10 nitrogen and oxygen atoms in total. The molecule has 30 heavy (non-hydrogen) atoms. The number of hydrogen-bond donors (Lipinski definition) is 2. The Morgan fingerprint density at radius 3 is 2.70 bits per heavy atom. The van der Waals surface area contributed by atoms with Gasteiger partial charge in [0.25, 0.3) is 13.1 Å². The summed E-state index contributed by atoms with van der Waals surface area (Å²) < 4.78 is 45.2. The normalized spacial score (nSPS) is 27.0. The average Bonchev–Trinajstić information content (AvgIpc) is 2.94. The largest absolute Gasteiger partial charge is 0.462 e. The molecule has 0 radical (unpaired) electrons. The molecule has 0 bridgehead atoms. The van der Waals surface area contributed by atoms with E-state index < -0.39 is 48.8 Å². The quantitative estimate of drug-likeness (QED) is 0.431. The number of carbonyl (C=O) groups excluding carboxylic acids is 1. The summed E-state index contributed by atoms with van der Waals surface area (Å²) in [6, 6.07) is 0.235. The van der Waals surface area contributed by atoms with Crippen molar-refractivity contribution < 1.29 is 27.7 Å². The zero-order valence-electron chi connectivity index (χ0n) is 17.7. The Morgan fingerprint density at radius 2 is 2.13 bits per heavy atom. The maximum absolute atomic E-state index is 15.1. The highest BCUT2D eigenvalue weighted by Gasteiger charge is 2.48. The molecule has 1 aromatic rings. The van der Waals surface area contributed by atoms with Crippen LogP contribution < -0.4 is 16.3 Å². The lowest BCUT2D eigenvalue weighted by molar-refractivity contribution is -0.149. The maximum atomic E-state index is 15.1. The van der Waals surface area contributed by atoms with Gasteiger partial charge in [0.05, 0.1) is 18.8 Å². The van der Waals surface area contributed by atoms with E-state index in [1.54, 1.807) is 20.8 Å². The molecule has 170 valence electrons. The third kappa shape index (κ3) is 6.10. The van der Waals surface area contributed by atoms with Gasteiger partial charge in [-0.15, -0.1) is 0 Å². The van der Waals surface area contributed by atoms with Crippen molar-refractivity contribution in [2.24, 2.45) is 0 Å². The topological polar surface area (TPSA) is 129 Å². The molecule has 12 heteroatoms. The molecule has 5 atom stereocenters. The first kappa shape index (κ1) is 24.5. The number of hydrogen-bond acceptors (Lipinski definition) is 7. The lowest BCUT2D eigenvalue weighted by Crippen LogP contribution is -2.38. The first-order valence-electron chi connectivity index (χ1n) is 9.74. The molecule has 0 spiro atoms. The van der Waals surface area contributed by atoms with Crippen LogP contribution in [-0.2, 0) is 23.4 Å². The predicted molar refractivity (Wildman–Crippen MR) is 107 cm³/mol. The van der Waals surface area contributed by atoms with Gasteiger partial charge in [-0.25, -0.2) is 14.3 Å². The van der Waals surface area contributed by atoms with E-state index in [2.05, 4.69) is 10.1 Å². The third-order valence-corrected chi connectivity index (χ3v) is 6.73. The second kappa shape index (κ2) is 9.55. The predicted octanol–water partition coefficient (Wildman–Crippen LogP) is 1.71. The van der Waals surface area contributed by atoms with E-state index in [0.29, 0.717) is 0 Å². The summed E-state index contributed by atoms with van der Waals surface area (Å²) in [5.41, 5.74) is -3.32. The van der Waals surface area contributed by atoms with Gasteiger partial charge in [-0.2, -0.15) is 0 Å². The molecule has 1 saturated heterocycles. The molecule has 0 aromatic carbocycles. The second-order valence-corrected chi connectivity index (χ2v) is 10.2. The van der Waals surface area contributed by atoms with Crippen LogP contribution in [0.15, 0.2) is 21.9 Å². The highest BCUT2D eigenvalue weighted by Crippen LogP contribution is 2.45. The smallest absolute Gasteiger partial charge is 0.330 e. The van der Waals surface area contributed by atoms with Crippen LogP contribution in [0, 0.1) is 0 Å². The Bertz CT molecular complexity index is 914. The summed E-state index contributed by atoms with van der Waals surface area (Å²) in [4.78, 5) is 37.2. The van der Waals surface area contributed by atoms with Crippen LogP contribution in [0.5, 0.6) is 0 Å². The Labute approximate surface area is 173 Å². The lowest BCUT2D eigenvalue weighted by atomic mass is 10.0. The number of ether oxygens (including phenoxy) is 2. The molecular formula is C18H29FN3O7P. The molecule has 0 saturated carbocycles. The zero-order valence-corrected chi connectivity index (χ0v) is 18.6.